The maximum absolute atomic E-state index is 12.4. The third-order valence-electron chi connectivity index (χ3n) is 5.39. The Morgan fingerprint density at radius 2 is 2.27 bits per heavy atom. The zero-order valence-electron chi connectivity index (χ0n) is 15.4. The first kappa shape index (κ1) is 17.3. The Morgan fingerprint density at radius 3 is 2.88 bits per heavy atom. The molecule has 0 bridgehead atoms. The van der Waals surface area contributed by atoms with E-state index in [1.54, 1.807) is 23.2 Å². The molecule has 4 rings (SSSR count). The van der Waals surface area contributed by atoms with Gasteiger partial charge in [-0.3, -0.25) is 14.4 Å². The summed E-state index contributed by atoms with van der Waals surface area (Å²) in [6.45, 7) is 3.93. The third-order valence-corrected chi connectivity index (χ3v) is 5.39. The fourth-order valence-electron chi connectivity index (χ4n) is 3.97. The van der Waals surface area contributed by atoms with E-state index in [0.29, 0.717) is 24.7 Å². The summed E-state index contributed by atoms with van der Waals surface area (Å²) in [5.74, 6) is 1.52. The quantitative estimate of drug-likeness (QED) is 0.815. The number of hydrogen-bond donors (Lipinski definition) is 0. The van der Waals surface area contributed by atoms with E-state index in [-0.39, 0.29) is 11.5 Å². The van der Waals surface area contributed by atoms with Crippen LogP contribution in [0.4, 0.5) is 0 Å². The second-order valence-electron chi connectivity index (χ2n) is 7.71. The maximum Gasteiger partial charge on any atom is 0.274 e. The summed E-state index contributed by atoms with van der Waals surface area (Å²) in [5.41, 5.74) is 0.371. The number of carbonyl (C=O) groups excluding carboxylic acids is 1. The van der Waals surface area contributed by atoms with Crippen LogP contribution in [0.3, 0.4) is 0 Å². The zero-order valence-corrected chi connectivity index (χ0v) is 15.4. The molecular formula is C19H26N4O3. The first-order valence-electron chi connectivity index (χ1n) is 9.17. The molecule has 0 N–H and O–H groups in total. The fraction of sp³-hybridized carbons (Fsp3) is 0.579. The van der Waals surface area contributed by atoms with Crippen LogP contribution in [-0.2, 0) is 18.3 Å². The van der Waals surface area contributed by atoms with Crippen LogP contribution in [0.25, 0.3) is 0 Å². The molecule has 0 aromatic carbocycles. The number of rotatable bonds is 5. The predicted molar refractivity (Wildman–Crippen MR) is 95.6 cm³/mol. The van der Waals surface area contributed by atoms with Crippen molar-refractivity contribution in [2.24, 2.45) is 13.0 Å². The summed E-state index contributed by atoms with van der Waals surface area (Å²) in [6, 6.07) is 5.69. The molecule has 1 atom stereocenters. The Bertz CT molecular complexity index is 739. The van der Waals surface area contributed by atoms with E-state index in [4.69, 9.17) is 9.15 Å². The lowest BCUT2D eigenvalue weighted by atomic mass is 9.82. The molecule has 2 aromatic rings. The average Bonchev–Trinajstić information content (AvgIpc) is 3.24. The Labute approximate surface area is 153 Å². The van der Waals surface area contributed by atoms with Crippen LogP contribution in [0.1, 0.15) is 29.1 Å². The summed E-state index contributed by atoms with van der Waals surface area (Å²) in [5, 5.41) is 4.19. The summed E-state index contributed by atoms with van der Waals surface area (Å²) in [4.78, 5) is 16.5. The summed E-state index contributed by atoms with van der Waals surface area (Å²) < 4.78 is 13.3. The minimum atomic E-state index is -0.138. The van der Waals surface area contributed by atoms with Gasteiger partial charge in [0, 0.05) is 19.8 Å². The van der Waals surface area contributed by atoms with Crippen LogP contribution >= 0.6 is 0 Å². The lowest BCUT2D eigenvalue weighted by Crippen LogP contribution is -2.66. The van der Waals surface area contributed by atoms with Gasteiger partial charge in [0.15, 0.2) is 0 Å². The fourth-order valence-corrected chi connectivity index (χ4v) is 3.97. The van der Waals surface area contributed by atoms with Gasteiger partial charge in [0.2, 0.25) is 0 Å². The molecule has 7 nitrogen and oxygen atoms in total. The highest BCUT2D eigenvalue weighted by molar-refractivity contribution is 5.93. The Hall–Kier alpha value is -2.12. The molecule has 2 aromatic heterocycles. The average molecular weight is 358 g/mol. The van der Waals surface area contributed by atoms with E-state index < -0.39 is 0 Å². The smallest absolute Gasteiger partial charge is 0.274 e. The number of amides is 1. The van der Waals surface area contributed by atoms with Crippen LogP contribution in [-0.4, -0.2) is 64.4 Å². The molecule has 0 unspecified atom stereocenters. The maximum atomic E-state index is 12.4. The molecule has 26 heavy (non-hydrogen) atoms. The molecule has 2 aliphatic heterocycles. The molecule has 7 heteroatoms. The van der Waals surface area contributed by atoms with E-state index in [0.717, 1.165) is 38.3 Å². The molecule has 0 aliphatic carbocycles. The topological polar surface area (TPSA) is 63.7 Å². The molecule has 0 radical (unpaired) electrons. The van der Waals surface area contributed by atoms with Gasteiger partial charge in [0.25, 0.3) is 5.91 Å². The number of aryl methyl sites for hydroxylation is 1. The Balaban J connectivity index is 1.22. The van der Waals surface area contributed by atoms with Crippen molar-refractivity contribution in [2.75, 3.05) is 33.3 Å². The molecule has 2 aliphatic rings. The van der Waals surface area contributed by atoms with Gasteiger partial charge >= 0.3 is 0 Å². The molecule has 1 amide bonds. The van der Waals surface area contributed by atoms with Crippen LogP contribution in [0, 0.1) is 5.92 Å². The van der Waals surface area contributed by atoms with Crippen molar-refractivity contribution >= 4 is 5.91 Å². The molecule has 4 heterocycles. The predicted octanol–water partition coefficient (Wildman–Crippen LogP) is 1.77. The highest BCUT2D eigenvalue weighted by Crippen LogP contribution is 2.36. The van der Waals surface area contributed by atoms with Crippen molar-refractivity contribution in [3.63, 3.8) is 0 Å². The normalized spacial score (nSPS) is 22.0. The monoisotopic (exact) mass is 358 g/mol. The second kappa shape index (κ2) is 6.89. The first-order chi connectivity index (χ1) is 12.5. The van der Waals surface area contributed by atoms with Crippen molar-refractivity contribution in [2.45, 2.75) is 25.0 Å². The van der Waals surface area contributed by atoms with E-state index >= 15 is 0 Å². The molecule has 0 saturated carbocycles. The van der Waals surface area contributed by atoms with Crippen LogP contribution < -0.4 is 0 Å². The number of ether oxygens (including phenoxy) is 1. The number of nitrogens with zero attached hydrogens (tertiary/aromatic N) is 4. The van der Waals surface area contributed by atoms with Crippen LogP contribution in [0.2, 0.25) is 0 Å². The molecule has 140 valence electrons. The molecule has 2 fully saturated rings. The van der Waals surface area contributed by atoms with Crippen LogP contribution in [0.5, 0.6) is 0 Å². The van der Waals surface area contributed by atoms with Crippen molar-refractivity contribution in [1.29, 1.82) is 0 Å². The number of carbonyl (C=O) groups is 1. The van der Waals surface area contributed by atoms with Crippen molar-refractivity contribution in [1.82, 2.24) is 19.6 Å². The highest BCUT2D eigenvalue weighted by Gasteiger charge is 2.48. The summed E-state index contributed by atoms with van der Waals surface area (Å²) >= 11 is 0. The van der Waals surface area contributed by atoms with E-state index in [9.17, 15) is 4.79 Å². The summed E-state index contributed by atoms with van der Waals surface area (Å²) in [6.07, 6.45) is 5.65. The number of hydrogen-bond acceptors (Lipinski definition) is 5. The highest BCUT2D eigenvalue weighted by atomic mass is 16.5. The van der Waals surface area contributed by atoms with Crippen molar-refractivity contribution in [3.8, 4) is 0 Å². The van der Waals surface area contributed by atoms with Gasteiger partial charge in [-0.1, -0.05) is 0 Å². The summed E-state index contributed by atoms with van der Waals surface area (Å²) in [7, 11) is 3.94. The van der Waals surface area contributed by atoms with Gasteiger partial charge < -0.3 is 14.1 Å². The van der Waals surface area contributed by atoms with Gasteiger partial charge in [-0.2, -0.15) is 5.10 Å². The van der Waals surface area contributed by atoms with Gasteiger partial charge in [-0.25, -0.2) is 0 Å². The zero-order chi connectivity index (χ0) is 18.1. The second-order valence-corrected chi connectivity index (χ2v) is 7.71. The van der Waals surface area contributed by atoms with Gasteiger partial charge in [0.05, 0.1) is 32.5 Å². The largest absolute Gasteiger partial charge is 0.468 e. The van der Waals surface area contributed by atoms with Gasteiger partial charge in [-0.15, -0.1) is 0 Å². The van der Waals surface area contributed by atoms with Gasteiger partial charge in [-0.05, 0) is 44.0 Å². The van der Waals surface area contributed by atoms with E-state index in [1.165, 1.54) is 0 Å². The molecule has 2 saturated heterocycles. The van der Waals surface area contributed by atoms with Crippen LogP contribution in [0.15, 0.2) is 35.1 Å². The standard InChI is InChI=1S/C19H26N4O3/c1-21(11-16-4-3-9-25-16)10-15-5-7-19(26-12-15)13-23(14-19)18(24)17-6-8-22(2)20-17/h3-4,6,8-9,15H,5,7,10-14H2,1-2H3/t15-/m0/s1. The van der Waals surface area contributed by atoms with Gasteiger partial charge in [0.1, 0.15) is 17.1 Å². The van der Waals surface area contributed by atoms with E-state index in [1.807, 2.05) is 24.1 Å². The molecular weight excluding hydrogens is 332 g/mol. The number of aromatic nitrogens is 2. The van der Waals surface area contributed by atoms with Crippen molar-refractivity contribution < 1.29 is 13.9 Å². The Morgan fingerprint density at radius 1 is 1.42 bits per heavy atom. The SMILES string of the molecule is CN(Cc1ccco1)C[C@@H]1CCC2(CN(C(=O)c3ccn(C)n3)C2)OC1. The lowest BCUT2D eigenvalue weighted by molar-refractivity contribution is -0.168. The third kappa shape index (κ3) is 3.54. The number of furan rings is 1. The Kier molecular flexibility index (Phi) is 4.58. The first-order valence-corrected chi connectivity index (χ1v) is 9.17. The molecule has 1 spiro atoms. The lowest BCUT2D eigenvalue weighted by Gasteiger charge is -2.52. The number of likely N-dealkylation sites (tertiary alicyclic amines) is 1. The minimum absolute atomic E-state index is 0.000120. The van der Waals surface area contributed by atoms with Crippen molar-refractivity contribution in [3.05, 3.63) is 42.1 Å². The minimum Gasteiger partial charge on any atom is -0.468 e. The van der Waals surface area contributed by atoms with E-state index in [2.05, 4.69) is 17.0 Å².